The Morgan fingerprint density at radius 1 is 0.538 bits per heavy atom. The van der Waals surface area contributed by atoms with Gasteiger partial charge in [-0.05, 0) is 61.4 Å². The SMILES string of the molecule is COc1ccc2c(c1F)C(=O)N(C[C@]1(c3cc4cc([C@@]5(C)NC(=O)CC5=O)c(F)cc4o3)NC(=O)NC1=O)C2.COc1ccc2c(c1F)C(=O)N(C[C@]1(c3cc4cc([C@]5(C)NC(=O)CC5=O)c(F)cc4o3)NC(=O)NC1=O)C2. The van der Waals surface area contributed by atoms with E-state index in [0.717, 1.165) is 12.1 Å². The summed E-state index contributed by atoms with van der Waals surface area (Å²) in [7, 11) is 2.53. The number of carbonyl (C=O) groups excluding carboxylic acids is 10. The van der Waals surface area contributed by atoms with Gasteiger partial charge in [0, 0.05) is 47.1 Å². The van der Waals surface area contributed by atoms with Crippen LogP contribution in [-0.2, 0) is 64.0 Å². The molecule has 12 rings (SSSR count). The first-order valence-electron chi connectivity index (χ1n) is 23.7. The standard InChI is InChI=1S/2C26H20F2N4O7/c2*1-25(17(33)8-19(34)30-25)13-5-12-6-18(39-16(12)7-14(13)27)26(23(36)29-24(37)31-26)10-32-9-11-3-4-15(38-2)21(28)20(11)22(32)35/h2*3-7H,8-10H2,1-2H3,(H,30,34)(H2,29,31,36,37)/t25-,26+;25-,26-/m01/s1. The minimum atomic E-state index is -1.92. The van der Waals surface area contributed by atoms with Gasteiger partial charge in [-0.3, -0.25) is 49.0 Å². The van der Waals surface area contributed by atoms with E-state index in [2.05, 4.69) is 31.9 Å². The van der Waals surface area contributed by atoms with Gasteiger partial charge in [-0.15, -0.1) is 0 Å². The highest BCUT2D eigenvalue weighted by Gasteiger charge is 2.56. The summed E-state index contributed by atoms with van der Waals surface area (Å²) in [6.45, 7) is 1.81. The van der Waals surface area contributed by atoms with Crippen molar-refractivity contribution in [2.45, 2.75) is 61.9 Å². The predicted molar refractivity (Wildman–Crippen MR) is 255 cm³/mol. The molecule has 0 bridgehead atoms. The van der Waals surface area contributed by atoms with Crippen molar-refractivity contribution in [3.63, 3.8) is 0 Å². The number of amides is 10. The predicted octanol–water partition coefficient (Wildman–Crippen LogP) is 3.43. The minimum Gasteiger partial charge on any atom is -0.494 e. The number of ketones is 2. The molecule has 0 aliphatic carbocycles. The number of carbonyl (C=O) groups is 10. The fraction of sp³-hybridized carbons (Fsp3) is 0.269. The van der Waals surface area contributed by atoms with Crippen LogP contribution in [0.2, 0.25) is 0 Å². The fourth-order valence-electron chi connectivity index (χ4n) is 10.8. The van der Waals surface area contributed by atoms with Gasteiger partial charge in [-0.25, -0.2) is 27.2 Å². The molecule has 4 saturated heterocycles. The van der Waals surface area contributed by atoms with Crippen LogP contribution in [0.4, 0.5) is 27.2 Å². The molecule has 8 heterocycles. The van der Waals surface area contributed by atoms with Crippen LogP contribution in [0.1, 0.15) is 81.2 Å². The lowest BCUT2D eigenvalue weighted by Crippen LogP contribution is -2.52. The number of nitrogens with one attached hydrogen (secondary N) is 6. The summed E-state index contributed by atoms with van der Waals surface area (Å²) in [4.78, 5) is 128. The number of ether oxygens (including phenoxy) is 2. The highest BCUT2D eigenvalue weighted by atomic mass is 19.1. The molecule has 78 heavy (non-hydrogen) atoms. The number of hydrogen-bond acceptors (Lipinski definition) is 14. The van der Waals surface area contributed by atoms with Gasteiger partial charge in [0.2, 0.25) is 11.8 Å². The van der Waals surface area contributed by atoms with Crippen molar-refractivity contribution >= 4 is 81.0 Å². The van der Waals surface area contributed by atoms with Crippen molar-refractivity contribution in [3.8, 4) is 11.5 Å². The van der Waals surface area contributed by atoms with Gasteiger partial charge in [0.15, 0.2) is 45.8 Å². The van der Waals surface area contributed by atoms with Crippen molar-refractivity contribution < 1.29 is 83.8 Å². The third kappa shape index (κ3) is 7.51. The normalized spacial score (nSPS) is 24.3. The first-order chi connectivity index (χ1) is 36.9. The average molecular weight is 1080 g/mol. The first kappa shape index (κ1) is 50.5. The second-order valence-electron chi connectivity index (χ2n) is 19.7. The highest BCUT2D eigenvalue weighted by molar-refractivity contribution is 6.12. The molecule has 6 aliphatic heterocycles. The topological polar surface area (TPSA) is 294 Å². The van der Waals surface area contributed by atoms with E-state index in [9.17, 15) is 56.7 Å². The number of methoxy groups -OCH3 is 2. The lowest BCUT2D eigenvalue weighted by molar-refractivity contribution is -0.126. The second-order valence-corrected chi connectivity index (χ2v) is 19.7. The zero-order valence-electron chi connectivity index (χ0n) is 41.1. The van der Waals surface area contributed by atoms with Crippen LogP contribution < -0.4 is 41.4 Å². The van der Waals surface area contributed by atoms with Gasteiger partial charge in [-0.1, -0.05) is 12.1 Å². The van der Waals surface area contributed by atoms with Gasteiger partial charge in [0.1, 0.15) is 45.4 Å². The van der Waals surface area contributed by atoms with E-state index >= 15 is 8.78 Å². The minimum absolute atomic E-state index is 0.00763. The Balaban J connectivity index is 0.000000165. The highest BCUT2D eigenvalue weighted by Crippen LogP contribution is 2.41. The van der Waals surface area contributed by atoms with Crippen LogP contribution >= 0.6 is 0 Å². The molecule has 0 radical (unpaired) electrons. The van der Waals surface area contributed by atoms with Crippen molar-refractivity contribution in [1.82, 2.24) is 41.7 Å². The van der Waals surface area contributed by atoms with Gasteiger partial charge in [0.05, 0.1) is 51.3 Å². The first-order valence-corrected chi connectivity index (χ1v) is 23.7. The van der Waals surface area contributed by atoms with Crippen LogP contribution in [0, 0.1) is 23.3 Å². The van der Waals surface area contributed by atoms with Crippen molar-refractivity contribution in [3.05, 3.63) is 129 Å². The summed E-state index contributed by atoms with van der Waals surface area (Å²) in [5, 5.41) is 14.8. The van der Waals surface area contributed by atoms with Gasteiger partial charge >= 0.3 is 12.1 Å². The molecule has 4 fully saturated rings. The number of hydrogen-bond donors (Lipinski definition) is 6. The molecule has 10 amide bonds. The summed E-state index contributed by atoms with van der Waals surface area (Å²) in [6.07, 6.45) is -0.780. The summed E-state index contributed by atoms with van der Waals surface area (Å²) < 4.78 is 81.6. The molecule has 0 saturated carbocycles. The Morgan fingerprint density at radius 2 is 0.923 bits per heavy atom. The van der Waals surface area contributed by atoms with Gasteiger partial charge < -0.3 is 49.4 Å². The third-order valence-electron chi connectivity index (χ3n) is 15.0. The molecule has 2 aromatic heterocycles. The molecular formula is C52H40F4N8O14. The number of urea groups is 2. The zero-order valence-corrected chi connectivity index (χ0v) is 41.1. The number of furan rings is 2. The maximum Gasteiger partial charge on any atom is 0.322 e. The summed E-state index contributed by atoms with van der Waals surface area (Å²) >= 11 is 0. The molecule has 26 heteroatoms. The number of benzene rings is 4. The van der Waals surface area contributed by atoms with Gasteiger partial charge in [-0.2, -0.15) is 0 Å². The number of halogens is 4. The summed E-state index contributed by atoms with van der Waals surface area (Å²) in [5.74, 6) is -9.02. The fourth-order valence-corrected chi connectivity index (χ4v) is 10.8. The van der Waals surface area contributed by atoms with E-state index < -0.39 is 130 Å². The van der Waals surface area contributed by atoms with Crippen LogP contribution in [-0.4, -0.2) is 96.2 Å². The van der Waals surface area contributed by atoms with E-state index in [0.29, 0.717) is 11.1 Å². The molecular weight excluding hydrogens is 1040 g/mol. The van der Waals surface area contributed by atoms with E-state index in [1.165, 1.54) is 86.4 Å². The van der Waals surface area contributed by atoms with Gasteiger partial charge in [0.25, 0.3) is 23.6 Å². The molecule has 6 aliphatic rings. The van der Waals surface area contributed by atoms with E-state index in [-0.39, 0.29) is 80.3 Å². The molecule has 400 valence electrons. The van der Waals surface area contributed by atoms with Crippen LogP contribution in [0.25, 0.3) is 21.9 Å². The quantitative estimate of drug-likeness (QED) is 0.0651. The van der Waals surface area contributed by atoms with Crippen LogP contribution in [0.3, 0.4) is 0 Å². The Hall–Kier alpha value is -9.62. The molecule has 6 aromatic rings. The van der Waals surface area contributed by atoms with Crippen LogP contribution in [0.5, 0.6) is 11.5 Å². The molecule has 6 N–H and O–H groups in total. The molecule has 4 atom stereocenters. The number of rotatable bonds is 10. The zero-order chi connectivity index (χ0) is 55.7. The smallest absolute Gasteiger partial charge is 0.322 e. The largest absolute Gasteiger partial charge is 0.494 e. The van der Waals surface area contributed by atoms with Crippen molar-refractivity contribution in [2.24, 2.45) is 0 Å². The molecule has 0 unspecified atom stereocenters. The van der Waals surface area contributed by atoms with Crippen molar-refractivity contribution in [1.29, 1.82) is 0 Å². The lowest BCUT2D eigenvalue weighted by atomic mass is 9.88. The number of nitrogens with zero attached hydrogens (tertiary/aromatic N) is 2. The van der Waals surface area contributed by atoms with E-state index in [1.54, 1.807) is 0 Å². The number of Topliss-reactive ketones (excluding diaryl/α,β-unsaturated/α-hetero) is 2. The Kier molecular flexibility index (Phi) is 11.3. The Labute approximate surface area is 435 Å². The molecule has 0 spiro atoms. The monoisotopic (exact) mass is 1080 g/mol. The number of imide groups is 2. The Bertz CT molecular complexity index is 3580. The van der Waals surface area contributed by atoms with E-state index in [1.807, 2.05) is 0 Å². The second kappa shape index (κ2) is 17.5. The molecule has 4 aromatic carbocycles. The number of fused-ring (bicyclic) bond motifs is 4. The van der Waals surface area contributed by atoms with Crippen LogP contribution in [0.15, 0.2) is 69.5 Å². The average Bonchev–Trinajstić information content (AvgIpc) is 4.36. The molecule has 22 nitrogen and oxygen atoms in total. The maximum atomic E-state index is 15.2. The summed E-state index contributed by atoms with van der Waals surface area (Å²) in [5.41, 5.74) is -6.92. The van der Waals surface area contributed by atoms with E-state index in [4.69, 9.17) is 18.3 Å². The van der Waals surface area contributed by atoms with Crippen molar-refractivity contribution in [2.75, 3.05) is 27.3 Å². The third-order valence-corrected chi connectivity index (χ3v) is 15.0. The lowest BCUT2D eigenvalue weighted by Gasteiger charge is -2.29. The maximum absolute atomic E-state index is 15.2. The Morgan fingerprint density at radius 3 is 1.24 bits per heavy atom. The summed E-state index contributed by atoms with van der Waals surface area (Å²) in [6, 6.07) is 11.6.